The maximum Gasteiger partial charge on any atom is 0.132 e. The van der Waals surface area contributed by atoms with Gasteiger partial charge in [-0.3, -0.25) is 16.5 Å². The predicted octanol–water partition coefficient (Wildman–Crippen LogP) is 0.194. The monoisotopic (exact) mass is 118 g/mol. The van der Waals surface area contributed by atoms with Crippen molar-refractivity contribution >= 4 is 5.78 Å². The molecule has 0 saturated heterocycles. The maximum absolute atomic E-state index is 10.2. The van der Waals surface area contributed by atoms with Gasteiger partial charge in [-0.05, 0) is 0 Å². The normalized spacial score (nSPS) is 7.00. The van der Waals surface area contributed by atoms with Crippen molar-refractivity contribution in [3.8, 4) is 0 Å². The number of hydrogen-bond donors (Lipinski definition) is 2. The van der Waals surface area contributed by atoms with Gasteiger partial charge in [0.15, 0.2) is 0 Å². The number of Topliss-reactive ketones (excluding diaryl/α,β-unsaturated/α-hetero) is 1. The summed E-state index contributed by atoms with van der Waals surface area (Å²) in [6, 6.07) is 0. The topological polar surface area (TPSA) is 69.1 Å². The lowest BCUT2D eigenvalue weighted by atomic mass is 10.3. The number of hydrazine groups is 1. The van der Waals surface area contributed by atoms with Gasteiger partial charge in [0.2, 0.25) is 0 Å². The summed E-state index contributed by atoms with van der Waals surface area (Å²) in [5, 5.41) is 0. The molecule has 0 amide bonds. The number of rotatable bonds is 2. The van der Waals surface area contributed by atoms with Crippen LogP contribution in [0.4, 0.5) is 0 Å². The highest BCUT2D eigenvalue weighted by Gasteiger charge is 1.86. The Balaban J connectivity index is 0. The first-order chi connectivity index (χ1) is 3.81. The van der Waals surface area contributed by atoms with E-state index in [2.05, 4.69) is 11.7 Å². The van der Waals surface area contributed by atoms with Crippen LogP contribution in [0.1, 0.15) is 26.7 Å². The van der Waals surface area contributed by atoms with Crippen molar-refractivity contribution in [2.75, 3.05) is 0 Å². The van der Waals surface area contributed by atoms with E-state index in [-0.39, 0.29) is 0 Å². The van der Waals surface area contributed by atoms with Crippen LogP contribution in [0, 0.1) is 0 Å². The average Bonchev–Trinajstić information content (AvgIpc) is 1.91. The second-order valence-electron chi connectivity index (χ2n) is 1.25. The van der Waals surface area contributed by atoms with Crippen molar-refractivity contribution in [3.05, 3.63) is 0 Å². The third kappa shape index (κ3) is 9.14. The number of ketones is 1. The van der Waals surface area contributed by atoms with E-state index in [0.717, 1.165) is 0 Å². The summed E-state index contributed by atoms with van der Waals surface area (Å²) in [7, 11) is 0. The molecule has 0 unspecified atom stereocenters. The fourth-order valence-electron chi connectivity index (χ4n) is 0.250. The third-order valence-electron chi connectivity index (χ3n) is 0.789. The molecule has 0 radical (unpaired) electrons. The highest BCUT2D eigenvalue weighted by molar-refractivity contribution is 5.77. The van der Waals surface area contributed by atoms with Gasteiger partial charge in [-0.15, -0.1) is 0 Å². The second kappa shape index (κ2) is 9.77. The molecule has 0 fully saturated rings. The Kier molecular flexibility index (Phi) is 12.9. The van der Waals surface area contributed by atoms with Gasteiger partial charge in [-0.25, -0.2) is 0 Å². The summed E-state index contributed by atoms with van der Waals surface area (Å²) in [4.78, 5) is 10.2. The van der Waals surface area contributed by atoms with Crippen LogP contribution in [-0.4, -0.2) is 5.78 Å². The molecular formula is C5H14N2O. The molecule has 0 atom stereocenters. The highest BCUT2D eigenvalue weighted by Crippen LogP contribution is 1.82. The van der Waals surface area contributed by atoms with Crippen LogP contribution < -0.4 is 11.7 Å². The Morgan fingerprint density at radius 2 is 1.50 bits per heavy atom. The predicted molar refractivity (Wildman–Crippen MR) is 34.0 cm³/mol. The standard InChI is InChI=1S/C5H10O.H4N2/c1-3-5(6)4-2;1-2/h3-4H2,1-2H3;1-2H2. The highest BCUT2D eigenvalue weighted by atomic mass is 16.1. The number of carbonyl (C=O) groups excluding carboxylic acids is 1. The first-order valence-electron chi connectivity index (χ1n) is 2.66. The van der Waals surface area contributed by atoms with E-state index in [9.17, 15) is 4.79 Å². The zero-order valence-electron chi connectivity index (χ0n) is 5.48. The van der Waals surface area contributed by atoms with E-state index in [0.29, 0.717) is 18.6 Å². The quantitative estimate of drug-likeness (QED) is 0.402. The van der Waals surface area contributed by atoms with Crippen LogP contribution in [0.3, 0.4) is 0 Å². The van der Waals surface area contributed by atoms with Gasteiger partial charge < -0.3 is 0 Å². The lowest BCUT2D eigenvalue weighted by Gasteiger charge is -1.81. The van der Waals surface area contributed by atoms with E-state index in [4.69, 9.17) is 0 Å². The van der Waals surface area contributed by atoms with Gasteiger partial charge in [0.1, 0.15) is 5.78 Å². The molecule has 50 valence electrons. The Hall–Kier alpha value is -0.410. The average molecular weight is 118 g/mol. The van der Waals surface area contributed by atoms with Crippen molar-refractivity contribution in [3.63, 3.8) is 0 Å². The van der Waals surface area contributed by atoms with Crippen LogP contribution in [0.25, 0.3) is 0 Å². The number of hydrogen-bond acceptors (Lipinski definition) is 3. The van der Waals surface area contributed by atoms with Crippen molar-refractivity contribution in [1.82, 2.24) is 0 Å². The largest absolute Gasteiger partial charge is 0.300 e. The summed E-state index contributed by atoms with van der Waals surface area (Å²) in [5.74, 6) is 8.34. The molecule has 0 bridgehead atoms. The minimum atomic E-state index is 0.343. The van der Waals surface area contributed by atoms with Gasteiger partial charge in [0, 0.05) is 12.8 Å². The van der Waals surface area contributed by atoms with Crippen LogP contribution >= 0.6 is 0 Å². The van der Waals surface area contributed by atoms with E-state index >= 15 is 0 Å². The van der Waals surface area contributed by atoms with Crippen molar-refractivity contribution in [2.45, 2.75) is 26.7 Å². The fraction of sp³-hybridized carbons (Fsp3) is 0.800. The van der Waals surface area contributed by atoms with Crippen LogP contribution in [0.2, 0.25) is 0 Å². The molecule has 4 N–H and O–H groups in total. The van der Waals surface area contributed by atoms with E-state index in [1.165, 1.54) is 0 Å². The Morgan fingerprint density at radius 1 is 1.25 bits per heavy atom. The first kappa shape index (κ1) is 10.5. The molecule has 0 aromatic rings. The van der Waals surface area contributed by atoms with E-state index in [1.807, 2.05) is 13.8 Å². The zero-order valence-corrected chi connectivity index (χ0v) is 5.48. The molecule has 3 nitrogen and oxygen atoms in total. The third-order valence-corrected chi connectivity index (χ3v) is 0.789. The molecule has 0 aromatic heterocycles. The molecule has 0 saturated carbocycles. The van der Waals surface area contributed by atoms with Gasteiger partial charge in [0.05, 0.1) is 0 Å². The summed E-state index contributed by atoms with van der Waals surface area (Å²) < 4.78 is 0. The smallest absolute Gasteiger partial charge is 0.132 e. The summed E-state index contributed by atoms with van der Waals surface area (Å²) in [6.07, 6.45) is 1.38. The second-order valence-corrected chi connectivity index (χ2v) is 1.25. The molecule has 0 aliphatic carbocycles. The molecule has 0 aliphatic heterocycles. The SMILES string of the molecule is CCC(=O)CC.NN. The van der Waals surface area contributed by atoms with Crippen molar-refractivity contribution < 1.29 is 4.79 Å². The van der Waals surface area contributed by atoms with Crippen molar-refractivity contribution in [1.29, 1.82) is 0 Å². The molecule has 8 heavy (non-hydrogen) atoms. The fourth-order valence-corrected chi connectivity index (χ4v) is 0.250. The van der Waals surface area contributed by atoms with Gasteiger partial charge in [-0.2, -0.15) is 0 Å². The molecular weight excluding hydrogens is 104 g/mol. The van der Waals surface area contributed by atoms with E-state index in [1.54, 1.807) is 0 Å². The van der Waals surface area contributed by atoms with Crippen LogP contribution in [0.15, 0.2) is 0 Å². The maximum atomic E-state index is 10.2. The number of carbonyl (C=O) groups is 1. The summed E-state index contributed by atoms with van der Waals surface area (Å²) in [6.45, 7) is 3.76. The molecule has 0 spiro atoms. The molecule has 0 heterocycles. The molecule has 0 aromatic carbocycles. The molecule has 0 rings (SSSR count). The Bertz CT molecular complexity index is 48.4. The summed E-state index contributed by atoms with van der Waals surface area (Å²) >= 11 is 0. The van der Waals surface area contributed by atoms with Gasteiger partial charge >= 0.3 is 0 Å². The number of nitrogens with two attached hydrogens (primary N) is 2. The minimum absolute atomic E-state index is 0.343. The molecule has 0 aliphatic rings. The van der Waals surface area contributed by atoms with Crippen LogP contribution in [0.5, 0.6) is 0 Å². The molecule has 3 heteroatoms. The summed E-state index contributed by atoms with van der Waals surface area (Å²) in [5.41, 5.74) is 0. The lowest BCUT2D eigenvalue weighted by molar-refractivity contribution is -0.118. The Labute approximate surface area is 50.0 Å². The van der Waals surface area contributed by atoms with Gasteiger partial charge in [0.25, 0.3) is 0 Å². The zero-order chi connectivity index (χ0) is 6.99. The minimum Gasteiger partial charge on any atom is -0.300 e. The first-order valence-corrected chi connectivity index (χ1v) is 2.66. The van der Waals surface area contributed by atoms with Gasteiger partial charge in [-0.1, -0.05) is 13.8 Å². The van der Waals surface area contributed by atoms with Crippen LogP contribution in [-0.2, 0) is 4.79 Å². The Morgan fingerprint density at radius 3 is 1.50 bits per heavy atom. The van der Waals surface area contributed by atoms with Crippen molar-refractivity contribution in [2.24, 2.45) is 11.7 Å². The van der Waals surface area contributed by atoms with E-state index < -0.39 is 0 Å². The lowest BCUT2D eigenvalue weighted by Crippen LogP contribution is -2.02.